The summed E-state index contributed by atoms with van der Waals surface area (Å²) in [5, 5.41) is 6.77. The van der Waals surface area contributed by atoms with Crippen LogP contribution in [0.15, 0.2) is 23.2 Å². The highest BCUT2D eigenvalue weighted by Gasteiger charge is 2.28. The maximum Gasteiger partial charge on any atom is 0.191 e. The Morgan fingerprint density at radius 2 is 1.86 bits per heavy atom. The second-order valence-corrected chi connectivity index (χ2v) is 7.47. The third kappa shape index (κ3) is 6.56. The predicted molar refractivity (Wildman–Crippen MR) is 114 cm³/mol. The van der Waals surface area contributed by atoms with Gasteiger partial charge >= 0.3 is 0 Å². The molecule has 0 aliphatic carbocycles. The van der Waals surface area contributed by atoms with E-state index in [1.165, 1.54) is 5.56 Å². The molecule has 0 unspecified atom stereocenters. The molecule has 1 aliphatic rings. The van der Waals surface area contributed by atoms with Crippen LogP contribution in [0.2, 0.25) is 0 Å². The lowest BCUT2D eigenvalue weighted by molar-refractivity contribution is -0.00683. The predicted octanol–water partition coefficient (Wildman–Crippen LogP) is 1.91. The first-order valence-corrected chi connectivity index (χ1v) is 10.1. The van der Waals surface area contributed by atoms with Crippen LogP contribution in [0.4, 0.5) is 0 Å². The highest BCUT2D eigenvalue weighted by molar-refractivity contribution is 5.79. The molecule has 1 fully saturated rings. The molecule has 0 saturated carbocycles. The molecule has 28 heavy (non-hydrogen) atoms. The fourth-order valence-corrected chi connectivity index (χ4v) is 3.24. The molecule has 1 aliphatic heterocycles. The van der Waals surface area contributed by atoms with Gasteiger partial charge in [0.15, 0.2) is 17.5 Å². The van der Waals surface area contributed by atoms with E-state index in [1.54, 1.807) is 14.2 Å². The fourth-order valence-electron chi connectivity index (χ4n) is 3.24. The first-order chi connectivity index (χ1) is 13.5. The zero-order chi connectivity index (χ0) is 20.4. The minimum atomic E-state index is 0.00941. The minimum Gasteiger partial charge on any atom is -0.493 e. The van der Waals surface area contributed by atoms with Crippen molar-refractivity contribution in [3.8, 4) is 11.5 Å². The van der Waals surface area contributed by atoms with Crippen LogP contribution in [-0.2, 0) is 11.2 Å². The van der Waals surface area contributed by atoms with E-state index in [-0.39, 0.29) is 5.54 Å². The first-order valence-electron chi connectivity index (χ1n) is 10.1. The Morgan fingerprint density at radius 3 is 2.50 bits per heavy atom. The molecular weight excluding hydrogens is 356 g/mol. The summed E-state index contributed by atoms with van der Waals surface area (Å²) in [6.07, 6.45) is 0.873. The molecule has 0 spiro atoms. The summed E-state index contributed by atoms with van der Waals surface area (Å²) in [6.45, 7) is 12.5. The number of nitrogens with zero attached hydrogens (tertiary/aromatic N) is 2. The van der Waals surface area contributed by atoms with Crippen LogP contribution in [0.5, 0.6) is 11.5 Å². The van der Waals surface area contributed by atoms with Crippen LogP contribution < -0.4 is 20.1 Å². The number of ether oxygens (including phenoxy) is 3. The number of hydrogen-bond acceptors (Lipinski definition) is 5. The number of guanidine groups is 1. The van der Waals surface area contributed by atoms with Crippen molar-refractivity contribution in [1.29, 1.82) is 0 Å². The van der Waals surface area contributed by atoms with E-state index < -0.39 is 0 Å². The van der Waals surface area contributed by atoms with E-state index in [2.05, 4.69) is 42.4 Å². The van der Waals surface area contributed by atoms with Crippen LogP contribution in [0, 0.1) is 0 Å². The molecule has 1 saturated heterocycles. The number of benzene rings is 1. The zero-order valence-electron chi connectivity index (χ0n) is 18.0. The van der Waals surface area contributed by atoms with Crippen LogP contribution in [0.25, 0.3) is 0 Å². The molecule has 2 N–H and O–H groups in total. The number of methoxy groups -OCH3 is 2. The minimum absolute atomic E-state index is 0.00941. The van der Waals surface area contributed by atoms with Crippen molar-refractivity contribution in [3.05, 3.63) is 23.8 Å². The Balaban J connectivity index is 1.90. The van der Waals surface area contributed by atoms with Gasteiger partial charge in [-0.1, -0.05) is 6.07 Å². The summed E-state index contributed by atoms with van der Waals surface area (Å²) < 4.78 is 16.1. The van der Waals surface area contributed by atoms with E-state index in [0.29, 0.717) is 0 Å². The lowest BCUT2D eigenvalue weighted by Gasteiger charge is -2.39. The standard InChI is InChI=1S/C21H36N4O3/c1-6-22-20(24-16-21(2,3)25-11-13-28-14-12-25)23-10-9-17-7-8-18(26-4)19(15-17)27-5/h7-8,15H,6,9-14,16H2,1-5H3,(H2,22,23,24). The monoisotopic (exact) mass is 392 g/mol. The fraction of sp³-hybridized carbons (Fsp3) is 0.667. The highest BCUT2D eigenvalue weighted by atomic mass is 16.5. The summed E-state index contributed by atoms with van der Waals surface area (Å²) in [4.78, 5) is 7.27. The van der Waals surface area contributed by atoms with Gasteiger partial charge in [0.25, 0.3) is 0 Å². The van der Waals surface area contributed by atoms with Crippen molar-refractivity contribution < 1.29 is 14.2 Å². The lowest BCUT2D eigenvalue weighted by Crippen LogP contribution is -2.52. The van der Waals surface area contributed by atoms with Crippen molar-refractivity contribution in [2.45, 2.75) is 32.7 Å². The molecule has 7 heteroatoms. The SMILES string of the molecule is CCNC(=NCC(C)(C)N1CCOCC1)NCCc1ccc(OC)c(OC)c1. The smallest absolute Gasteiger partial charge is 0.191 e. The number of nitrogens with one attached hydrogen (secondary N) is 2. The quantitative estimate of drug-likeness (QED) is 0.494. The van der Waals surface area contributed by atoms with Crippen molar-refractivity contribution in [2.75, 3.05) is 60.2 Å². The summed E-state index contributed by atoms with van der Waals surface area (Å²) in [6, 6.07) is 6.03. The number of aliphatic imine (C=N–C) groups is 1. The van der Waals surface area contributed by atoms with Gasteiger partial charge in [0, 0.05) is 31.7 Å². The molecule has 0 radical (unpaired) electrons. The van der Waals surface area contributed by atoms with Gasteiger partial charge in [0.2, 0.25) is 0 Å². The Bertz CT molecular complexity index is 628. The van der Waals surface area contributed by atoms with Crippen molar-refractivity contribution in [1.82, 2.24) is 15.5 Å². The molecule has 1 aromatic rings. The molecular formula is C21H36N4O3. The normalized spacial score (nSPS) is 16.0. The van der Waals surface area contributed by atoms with Gasteiger partial charge in [-0.25, -0.2) is 0 Å². The molecule has 0 aromatic heterocycles. The average molecular weight is 393 g/mol. The Labute approximate surface area is 169 Å². The van der Waals surface area contributed by atoms with Crippen LogP contribution in [-0.4, -0.2) is 76.6 Å². The summed E-state index contributed by atoms with van der Waals surface area (Å²) in [5.41, 5.74) is 1.20. The van der Waals surface area contributed by atoms with Gasteiger partial charge in [-0.3, -0.25) is 9.89 Å². The molecule has 158 valence electrons. The Morgan fingerprint density at radius 1 is 1.14 bits per heavy atom. The van der Waals surface area contributed by atoms with Crippen molar-refractivity contribution in [2.24, 2.45) is 4.99 Å². The third-order valence-corrected chi connectivity index (χ3v) is 4.99. The van der Waals surface area contributed by atoms with E-state index >= 15 is 0 Å². The second kappa shape index (κ2) is 11.1. The highest BCUT2D eigenvalue weighted by Crippen LogP contribution is 2.27. The van der Waals surface area contributed by atoms with E-state index in [9.17, 15) is 0 Å². The number of morpholine rings is 1. The summed E-state index contributed by atoms with van der Waals surface area (Å²) >= 11 is 0. The maximum absolute atomic E-state index is 5.47. The van der Waals surface area contributed by atoms with Gasteiger partial charge in [0.05, 0.1) is 34.0 Å². The maximum atomic E-state index is 5.47. The lowest BCUT2D eigenvalue weighted by atomic mass is 10.0. The van der Waals surface area contributed by atoms with Gasteiger partial charge in [0.1, 0.15) is 0 Å². The van der Waals surface area contributed by atoms with E-state index in [1.807, 2.05) is 12.1 Å². The molecule has 2 rings (SSSR count). The van der Waals surface area contributed by atoms with Gasteiger partial charge < -0.3 is 24.8 Å². The summed E-state index contributed by atoms with van der Waals surface area (Å²) in [7, 11) is 3.31. The Hall–Kier alpha value is -1.99. The number of hydrogen-bond donors (Lipinski definition) is 2. The molecule has 7 nitrogen and oxygen atoms in total. The van der Waals surface area contributed by atoms with Gasteiger partial charge in [-0.15, -0.1) is 0 Å². The Kier molecular flexibility index (Phi) is 8.86. The van der Waals surface area contributed by atoms with Crippen LogP contribution >= 0.6 is 0 Å². The molecule has 0 bridgehead atoms. The zero-order valence-corrected chi connectivity index (χ0v) is 18.0. The first kappa shape index (κ1) is 22.3. The summed E-state index contributed by atoms with van der Waals surface area (Å²) in [5.74, 6) is 2.36. The van der Waals surface area contributed by atoms with Crippen molar-refractivity contribution in [3.63, 3.8) is 0 Å². The largest absolute Gasteiger partial charge is 0.493 e. The van der Waals surface area contributed by atoms with Crippen LogP contribution in [0.1, 0.15) is 26.3 Å². The van der Waals surface area contributed by atoms with Crippen LogP contribution in [0.3, 0.4) is 0 Å². The van der Waals surface area contributed by atoms with Gasteiger partial charge in [-0.2, -0.15) is 0 Å². The number of rotatable bonds is 9. The van der Waals surface area contributed by atoms with Crippen molar-refractivity contribution >= 4 is 5.96 Å². The third-order valence-electron chi connectivity index (χ3n) is 4.99. The average Bonchev–Trinajstić information content (AvgIpc) is 2.72. The van der Waals surface area contributed by atoms with E-state index in [0.717, 1.165) is 69.8 Å². The molecule has 0 atom stereocenters. The molecule has 0 amide bonds. The van der Waals surface area contributed by atoms with Gasteiger partial charge in [-0.05, 0) is 44.9 Å². The second-order valence-electron chi connectivity index (χ2n) is 7.47. The topological polar surface area (TPSA) is 67.4 Å². The molecule has 1 aromatic carbocycles. The molecule has 1 heterocycles. The van der Waals surface area contributed by atoms with E-state index in [4.69, 9.17) is 19.2 Å².